The summed E-state index contributed by atoms with van der Waals surface area (Å²) in [6.07, 6.45) is -0.459. The van der Waals surface area contributed by atoms with Crippen LogP contribution in [0.15, 0.2) is 6.07 Å². The largest absolute Gasteiger partial charge is 0.391 e. The molecule has 1 amide bonds. The topological polar surface area (TPSA) is 104 Å². The fourth-order valence-corrected chi connectivity index (χ4v) is 2.91. The molecule has 2 atom stereocenters. The van der Waals surface area contributed by atoms with Crippen LogP contribution in [0, 0.1) is 23.0 Å². The number of aliphatic hydroxyl groups is 1. The Bertz CT molecular complexity index is 502. The average molecular weight is 285 g/mol. The van der Waals surface area contributed by atoms with Gasteiger partial charge in [0.05, 0.1) is 20.8 Å². The SMILES string of the molecule is Cc1sc(C(=O)NCC2CNCC2O)cc1[N+](=O)[O-]. The van der Waals surface area contributed by atoms with Crippen molar-refractivity contribution >= 4 is 22.9 Å². The molecule has 1 saturated heterocycles. The Morgan fingerprint density at radius 1 is 1.68 bits per heavy atom. The lowest BCUT2D eigenvalue weighted by atomic mass is 10.1. The molecular weight excluding hydrogens is 270 g/mol. The number of nitrogens with zero attached hydrogens (tertiary/aromatic N) is 1. The van der Waals surface area contributed by atoms with E-state index in [-0.39, 0.29) is 17.5 Å². The molecule has 1 aromatic heterocycles. The summed E-state index contributed by atoms with van der Waals surface area (Å²) in [6.45, 7) is 3.16. The molecule has 1 fully saturated rings. The summed E-state index contributed by atoms with van der Waals surface area (Å²) in [7, 11) is 0. The van der Waals surface area contributed by atoms with Gasteiger partial charge in [-0.15, -0.1) is 11.3 Å². The van der Waals surface area contributed by atoms with E-state index in [1.807, 2.05) is 0 Å². The summed E-state index contributed by atoms with van der Waals surface area (Å²) < 4.78 is 0. The normalized spacial score (nSPS) is 22.4. The Kier molecular flexibility index (Phi) is 4.13. The van der Waals surface area contributed by atoms with E-state index in [0.717, 1.165) is 11.3 Å². The smallest absolute Gasteiger partial charge is 0.283 e. The molecule has 8 heteroatoms. The summed E-state index contributed by atoms with van der Waals surface area (Å²) in [4.78, 5) is 22.9. The lowest BCUT2D eigenvalue weighted by molar-refractivity contribution is -0.385. The van der Waals surface area contributed by atoms with Crippen molar-refractivity contribution in [3.63, 3.8) is 0 Å². The number of β-amino-alcohol motifs (C(OH)–C–C–N with tert-alkyl or cyclic N) is 1. The maximum atomic E-state index is 11.9. The maximum Gasteiger partial charge on any atom is 0.283 e. The van der Waals surface area contributed by atoms with Crippen LogP contribution >= 0.6 is 11.3 Å². The fourth-order valence-electron chi connectivity index (χ4n) is 2.00. The first-order valence-electron chi connectivity index (χ1n) is 5.91. The molecule has 0 radical (unpaired) electrons. The number of aliphatic hydroxyl groups excluding tert-OH is 1. The van der Waals surface area contributed by atoms with Crippen molar-refractivity contribution in [1.82, 2.24) is 10.6 Å². The number of rotatable bonds is 4. The van der Waals surface area contributed by atoms with Gasteiger partial charge in [0.15, 0.2) is 0 Å². The average Bonchev–Trinajstić information content (AvgIpc) is 2.92. The second-order valence-corrected chi connectivity index (χ2v) is 5.76. The van der Waals surface area contributed by atoms with Gasteiger partial charge in [-0.3, -0.25) is 14.9 Å². The van der Waals surface area contributed by atoms with E-state index < -0.39 is 11.0 Å². The third-order valence-electron chi connectivity index (χ3n) is 3.14. The number of hydrogen-bond acceptors (Lipinski definition) is 6. The van der Waals surface area contributed by atoms with Gasteiger partial charge >= 0.3 is 0 Å². The van der Waals surface area contributed by atoms with Gasteiger partial charge in [-0.2, -0.15) is 0 Å². The molecule has 7 nitrogen and oxygen atoms in total. The number of carbonyl (C=O) groups excluding carboxylic acids is 1. The molecular formula is C11H15N3O4S. The first-order valence-corrected chi connectivity index (χ1v) is 6.72. The fraction of sp³-hybridized carbons (Fsp3) is 0.545. The summed E-state index contributed by atoms with van der Waals surface area (Å²) in [5.74, 6) is -0.347. The van der Waals surface area contributed by atoms with Gasteiger partial charge in [0.25, 0.3) is 11.6 Å². The molecule has 3 N–H and O–H groups in total. The van der Waals surface area contributed by atoms with Crippen LogP contribution in [-0.2, 0) is 0 Å². The molecule has 0 aromatic carbocycles. The Labute approximate surface area is 113 Å². The first-order chi connectivity index (χ1) is 8.99. The number of hydrogen-bond donors (Lipinski definition) is 3. The Morgan fingerprint density at radius 2 is 2.42 bits per heavy atom. The molecule has 2 unspecified atom stereocenters. The van der Waals surface area contributed by atoms with Gasteiger partial charge in [-0.25, -0.2) is 0 Å². The lowest BCUT2D eigenvalue weighted by Crippen LogP contribution is -2.34. The highest BCUT2D eigenvalue weighted by Gasteiger charge is 2.26. The van der Waals surface area contributed by atoms with Gasteiger partial charge in [-0.05, 0) is 6.92 Å². The zero-order valence-electron chi connectivity index (χ0n) is 10.4. The second-order valence-electron chi connectivity index (χ2n) is 4.50. The monoisotopic (exact) mass is 285 g/mol. The number of aryl methyl sites for hydroxylation is 1. The molecule has 104 valence electrons. The molecule has 2 rings (SSSR count). The van der Waals surface area contributed by atoms with Crippen molar-refractivity contribution in [2.75, 3.05) is 19.6 Å². The van der Waals surface area contributed by atoms with E-state index in [0.29, 0.717) is 29.4 Å². The summed E-state index contributed by atoms with van der Waals surface area (Å²) >= 11 is 1.10. The number of nitrogens with one attached hydrogen (secondary N) is 2. The zero-order chi connectivity index (χ0) is 14.0. The molecule has 1 aliphatic heterocycles. The van der Waals surface area contributed by atoms with E-state index in [4.69, 9.17) is 0 Å². The minimum absolute atomic E-state index is 0.0139. The predicted octanol–water partition coefficient (Wildman–Crippen LogP) is 0.275. The van der Waals surface area contributed by atoms with Crippen molar-refractivity contribution in [2.45, 2.75) is 13.0 Å². The van der Waals surface area contributed by atoms with Gasteiger partial charge in [-0.1, -0.05) is 0 Å². The molecule has 0 spiro atoms. The lowest BCUT2D eigenvalue weighted by Gasteiger charge is -2.13. The van der Waals surface area contributed by atoms with Gasteiger partial charge in [0, 0.05) is 31.6 Å². The number of carbonyl (C=O) groups is 1. The van der Waals surface area contributed by atoms with Crippen molar-refractivity contribution in [1.29, 1.82) is 0 Å². The highest BCUT2D eigenvalue weighted by molar-refractivity contribution is 7.14. The maximum absolute atomic E-state index is 11.9. The Balaban J connectivity index is 1.96. The van der Waals surface area contributed by atoms with Crippen LogP contribution in [0.1, 0.15) is 14.5 Å². The first kappa shape index (κ1) is 13.9. The van der Waals surface area contributed by atoms with E-state index in [9.17, 15) is 20.0 Å². The Hall–Kier alpha value is -1.51. The highest BCUT2D eigenvalue weighted by atomic mass is 32.1. The summed E-state index contributed by atoms with van der Waals surface area (Å²) in [5, 5.41) is 26.0. The molecule has 1 aromatic rings. The van der Waals surface area contributed by atoms with Crippen molar-refractivity contribution in [3.8, 4) is 0 Å². The van der Waals surface area contributed by atoms with Gasteiger partial charge in [0.1, 0.15) is 0 Å². The van der Waals surface area contributed by atoms with Crippen LogP contribution in [-0.4, -0.2) is 41.7 Å². The highest BCUT2D eigenvalue weighted by Crippen LogP contribution is 2.27. The molecule has 0 aliphatic carbocycles. The third kappa shape index (κ3) is 3.09. The van der Waals surface area contributed by atoms with Crippen molar-refractivity contribution in [2.24, 2.45) is 5.92 Å². The minimum atomic E-state index is -0.493. The summed E-state index contributed by atoms with van der Waals surface area (Å²) in [6, 6.07) is 1.29. The van der Waals surface area contributed by atoms with E-state index in [1.54, 1.807) is 6.92 Å². The van der Waals surface area contributed by atoms with E-state index in [1.165, 1.54) is 6.07 Å². The molecule has 2 heterocycles. The minimum Gasteiger partial charge on any atom is -0.391 e. The Morgan fingerprint density at radius 3 is 2.95 bits per heavy atom. The standard InChI is InChI=1S/C11H15N3O4S/c1-6-8(14(17)18)2-10(19-6)11(16)13-4-7-3-12-5-9(7)15/h2,7,9,12,15H,3-5H2,1H3,(H,13,16). The van der Waals surface area contributed by atoms with Gasteiger partial charge < -0.3 is 15.7 Å². The summed E-state index contributed by atoms with van der Waals surface area (Å²) in [5.41, 5.74) is -0.0299. The molecule has 0 bridgehead atoms. The number of nitro groups is 1. The third-order valence-corrected chi connectivity index (χ3v) is 4.18. The molecule has 19 heavy (non-hydrogen) atoms. The van der Waals surface area contributed by atoms with Crippen LogP contribution in [0.25, 0.3) is 0 Å². The van der Waals surface area contributed by atoms with E-state index >= 15 is 0 Å². The van der Waals surface area contributed by atoms with Crippen LogP contribution in [0.4, 0.5) is 5.69 Å². The number of thiophene rings is 1. The van der Waals surface area contributed by atoms with Crippen molar-refractivity contribution < 1.29 is 14.8 Å². The van der Waals surface area contributed by atoms with Crippen LogP contribution in [0.5, 0.6) is 0 Å². The van der Waals surface area contributed by atoms with Crippen LogP contribution in [0.3, 0.4) is 0 Å². The number of amides is 1. The predicted molar refractivity (Wildman–Crippen MR) is 70.4 cm³/mol. The van der Waals surface area contributed by atoms with Crippen LogP contribution in [0.2, 0.25) is 0 Å². The second kappa shape index (κ2) is 5.64. The molecule has 0 saturated carbocycles. The quantitative estimate of drug-likeness (QED) is 0.544. The van der Waals surface area contributed by atoms with Crippen LogP contribution < -0.4 is 10.6 Å². The molecule has 1 aliphatic rings. The van der Waals surface area contributed by atoms with Crippen molar-refractivity contribution in [3.05, 3.63) is 25.9 Å². The zero-order valence-corrected chi connectivity index (χ0v) is 11.2. The van der Waals surface area contributed by atoms with Gasteiger partial charge in [0.2, 0.25) is 0 Å². The van der Waals surface area contributed by atoms with E-state index in [2.05, 4.69) is 10.6 Å².